The van der Waals surface area contributed by atoms with Crippen molar-refractivity contribution in [2.24, 2.45) is 0 Å². The molecule has 0 aromatic heterocycles. The fraction of sp³-hybridized carbons (Fsp3) is 0.130. The summed E-state index contributed by atoms with van der Waals surface area (Å²) >= 11 is 0. The van der Waals surface area contributed by atoms with E-state index in [1.807, 2.05) is 6.07 Å². The largest absolute Gasteiger partial charge is 0.488 e. The molecule has 0 aliphatic heterocycles. The van der Waals surface area contributed by atoms with E-state index in [1.54, 1.807) is 36.4 Å². The lowest BCUT2D eigenvalue weighted by Gasteiger charge is -2.15. The van der Waals surface area contributed by atoms with Gasteiger partial charge in [0.15, 0.2) is 5.78 Å². The third kappa shape index (κ3) is 3.39. The molecule has 140 valence electrons. The number of aromatic carboxylic acids is 1. The minimum absolute atomic E-state index is 0.0276. The van der Waals surface area contributed by atoms with Gasteiger partial charge in [-0.05, 0) is 47.9 Å². The van der Waals surface area contributed by atoms with Gasteiger partial charge < -0.3 is 9.84 Å². The van der Waals surface area contributed by atoms with Crippen LogP contribution in [-0.2, 0) is 13.0 Å². The van der Waals surface area contributed by atoms with E-state index in [9.17, 15) is 14.0 Å². The smallest absolute Gasteiger partial charge is 0.335 e. The van der Waals surface area contributed by atoms with Crippen LogP contribution in [0.1, 0.15) is 38.3 Å². The Kier molecular flexibility index (Phi) is 4.65. The molecule has 4 nitrogen and oxygen atoms in total. The van der Waals surface area contributed by atoms with Crippen molar-refractivity contribution in [1.82, 2.24) is 0 Å². The highest BCUT2D eigenvalue weighted by Gasteiger charge is 2.23. The highest BCUT2D eigenvalue weighted by Crippen LogP contribution is 2.37. The first-order valence-electron chi connectivity index (χ1n) is 8.93. The maximum atomic E-state index is 13.9. The minimum Gasteiger partial charge on any atom is -0.488 e. The maximum absolute atomic E-state index is 13.9. The summed E-state index contributed by atoms with van der Waals surface area (Å²) in [5.41, 5.74) is 3.71. The van der Waals surface area contributed by atoms with Crippen molar-refractivity contribution in [2.75, 3.05) is 0 Å². The Morgan fingerprint density at radius 1 is 1.00 bits per heavy atom. The van der Waals surface area contributed by atoms with Crippen molar-refractivity contribution in [1.29, 1.82) is 0 Å². The number of carboxylic acids is 1. The molecule has 1 aliphatic rings. The van der Waals surface area contributed by atoms with Gasteiger partial charge in [0.2, 0.25) is 0 Å². The van der Waals surface area contributed by atoms with E-state index in [0.29, 0.717) is 29.7 Å². The Hall–Kier alpha value is -3.47. The first kappa shape index (κ1) is 17.9. The van der Waals surface area contributed by atoms with E-state index in [2.05, 4.69) is 0 Å². The Morgan fingerprint density at radius 2 is 1.75 bits per heavy atom. The van der Waals surface area contributed by atoms with Crippen molar-refractivity contribution in [3.63, 3.8) is 0 Å². The number of halogens is 1. The molecule has 3 aromatic rings. The van der Waals surface area contributed by atoms with Gasteiger partial charge in [-0.15, -0.1) is 0 Å². The number of carboxylic acid groups (broad SMARTS) is 1. The number of ether oxygens (including phenoxy) is 1. The predicted octanol–water partition coefficient (Wildman–Crippen LogP) is 4.90. The molecule has 4 rings (SSSR count). The number of carbonyl (C=O) groups excluding carboxylic acids is 1. The first-order chi connectivity index (χ1) is 13.5. The third-order valence-electron chi connectivity index (χ3n) is 4.91. The third-order valence-corrected chi connectivity index (χ3v) is 4.91. The zero-order valence-electron chi connectivity index (χ0n) is 14.9. The molecule has 0 saturated carbocycles. The first-order valence-corrected chi connectivity index (χ1v) is 8.93. The number of aryl methyl sites for hydroxylation is 1. The number of Topliss-reactive ketones (excluding diaryl/α,β-unsaturated/α-hetero) is 1. The Labute approximate surface area is 161 Å². The zero-order chi connectivity index (χ0) is 19.7. The normalized spacial score (nSPS) is 12.7. The molecule has 0 amide bonds. The van der Waals surface area contributed by atoms with Gasteiger partial charge in [0.25, 0.3) is 0 Å². The highest BCUT2D eigenvalue weighted by atomic mass is 19.1. The average molecular weight is 376 g/mol. The second-order valence-electron chi connectivity index (χ2n) is 6.69. The monoisotopic (exact) mass is 376 g/mol. The molecule has 0 spiro atoms. The quantitative estimate of drug-likeness (QED) is 0.688. The van der Waals surface area contributed by atoms with Crippen LogP contribution in [0.15, 0.2) is 60.7 Å². The molecule has 0 unspecified atom stereocenters. The number of hydrogen-bond donors (Lipinski definition) is 1. The van der Waals surface area contributed by atoms with E-state index < -0.39 is 5.97 Å². The minimum atomic E-state index is -0.998. The van der Waals surface area contributed by atoms with Crippen molar-refractivity contribution < 1.29 is 23.8 Å². The Balaban J connectivity index is 1.73. The molecule has 3 aromatic carbocycles. The molecule has 0 radical (unpaired) electrons. The van der Waals surface area contributed by atoms with Gasteiger partial charge in [0.05, 0.1) is 5.56 Å². The van der Waals surface area contributed by atoms with Gasteiger partial charge in [-0.2, -0.15) is 0 Å². The number of fused-ring (bicyclic) bond motifs is 1. The van der Waals surface area contributed by atoms with Crippen LogP contribution in [0, 0.1) is 5.82 Å². The van der Waals surface area contributed by atoms with Gasteiger partial charge in [0.1, 0.15) is 18.2 Å². The van der Waals surface area contributed by atoms with Crippen LogP contribution in [0.2, 0.25) is 0 Å². The summed E-state index contributed by atoms with van der Waals surface area (Å²) in [6.07, 6.45) is 1.13. The standard InChI is InChI=1S/C23H17FO4/c24-20-4-2-1-3-17(20)13-28-22-12-18-16(9-10-21(18)25)11-19(22)14-5-7-15(8-6-14)23(26)27/h1-8,11-12H,9-10,13H2,(H,26,27). The summed E-state index contributed by atoms with van der Waals surface area (Å²) in [5.74, 6) is -0.812. The van der Waals surface area contributed by atoms with E-state index in [1.165, 1.54) is 18.2 Å². The van der Waals surface area contributed by atoms with Gasteiger partial charge in [-0.3, -0.25) is 4.79 Å². The number of rotatable bonds is 5. The van der Waals surface area contributed by atoms with Crippen LogP contribution in [0.25, 0.3) is 11.1 Å². The summed E-state index contributed by atoms with van der Waals surface area (Å²) in [7, 11) is 0. The zero-order valence-corrected chi connectivity index (χ0v) is 14.9. The van der Waals surface area contributed by atoms with E-state index in [4.69, 9.17) is 9.84 Å². The maximum Gasteiger partial charge on any atom is 0.335 e. The number of ketones is 1. The van der Waals surface area contributed by atoms with Crippen LogP contribution < -0.4 is 4.74 Å². The second-order valence-corrected chi connectivity index (χ2v) is 6.69. The van der Waals surface area contributed by atoms with E-state index in [-0.39, 0.29) is 23.8 Å². The number of hydrogen-bond acceptors (Lipinski definition) is 3. The van der Waals surface area contributed by atoms with Crippen LogP contribution in [0.3, 0.4) is 0 Å². The predicted molar refractivity (Wildman–Crippen MR) is 102 cm³/mol. The molecule has 1 aliphatic carbocycles. The molecular formula is C23H17FO4. The molecule has 0 heterocycles. The van der Waals surface area contributed by atoms with Crippen LogP contribution >= 0.6 is 0 Å². The molecule has 28 heavy (non-hydrogen) atoms. The summed E-state index contributed by atoms with van der Waals surface area (Å²) in [5, 5.41) is 9.10. The second kappa shape index (κ2) is 7.27. The van der Waals surface area contributed by atoms with Gasteiger partial charge >= 0.3 is 5.97 Å². The average Bonchev–Trinajstić information content (AvgIpc) is 3.07. The number of carbonyl (C=O) groups is 2. The van der Waals surface area contributed by atoms with Crippen LogP contribution in [0.4, 0.5) is 4.39 Å². The van der Waals surface area contributed by atoms with Crippen molar-refractivity contribution in [2.45, 2.75) is 19.4 Å². The van der Waals surface area contributed by atoms with Crippen molar-refractivity contribution >= 4 is 11.8 Å². The summed E-state index contributed by atoms with van der Waals surface area (Å²) in [6, 6.07) is 16.5. The molecule has 0 fully saturated rings. The Bertz CT molecular complexity index is 1070. The lowest BCUT2D eigenvalue weighted by molar-refractivity contribution is 0.0696. The summed E-state index contributed by atoms with van der Waals surface area (Å²) in [4.78, 5) is 23.2. The van der Waals surface area contributed by atoms with Crippen LogP contribution in [-0.4, -0.2) is 16.9 Å². The van der Waals surface area contributed by atoms with Crippen LogP contribution in [0.5, 0.6) is 5.75 Å². The lowest BCUT2D eigenvalue weighted by Crippen LogP contribution is -2.02. The molecule has 0 atom stereocenters. The van der Waals surface area contributed by atoms with Crippen molar-refractivity contribution in [3.8, 4) is 16.9 Å². The Morgan fingerprint density at radius 3 is 2.46 bits per heavy atom. The number of benzene rings is 3. The molecule has 0 bridgehead atoms. The SMILES string of the molecule is O=C(O)c1ccc(-c2cc3c(cc2OCc2ccccc2F)C(=O)CC3)cc1. The molecule has 5 heteroatoms. The fourth-order valence-electron chi connectivity index (χ4n) is 3.38. The van der Waals surface area contributed by atoms with E-state index >= 15 is 0 Å². The van der Waals surface area contributed by atoms with Gasteiger partial charge in [-0.25, -0.2) is 9.18 Å². The van der Waals surface area contributed by atoms with Gasteiger partial charge in [-0.1, -0.05) is 30.3 Å². The van der Waals surface area contributed by atoms with Gasteiger partial charge in [0, 0.05) is 23.1 Å². The highest BCUT2D eigenvalue weighted by molar-refractivity contribution is 6.01. The fourth-order valence-corrected chi connectivity index (χ4v) is 3.38. The molecular weight excluding hydrogens is 359 g/mol. The van der Waals surface area contributed by atoms with E-state index in [0.717, 1.165) is 16.7 Å². The lowest BCUT2D eigenvalue weighted by atomic mass is 9.98. The molecule has 1 N–H and O–H groups in total. The van der Waals surface area contributed by atoms with Crippen molar-refractivity contribution in [3.05, 3.63) is 88.7 Å². The summed E-state index contributed by atoms with van der Waals surface area (Å²) < 4.78 is 19.8. The summed E-state index contributed by atoms with van der Waals surface area (Å²) in [6.45, 7) is 0.0276. The topological polar surface area (TPSA) is 63.6 Å². The molecule has 0 saturated heterocycles.